The third-order valence-electron chi connectivity index (χ3n) is 2.86. The van der Waals surface area contributed by atoms with Gasteiger partial charge in [0.2, 0.25) is 0 Å². The second-order valence-electron chi connectivity index (χ2n) is 4.17. The minimum Gasteiger partial charge on any atom is -0.508 e. The number of hydrogen-bond donors (Lipinski definition) is 1. The average Bonchev–Trinajstić information content (AvgIpc) is 2.37. The van der Waals surface area contributed by atoms with E-state index in [1.165, 1.54) is 30.3 Å². The minimum absolute atomic E-state index is 0.00652. The summed E-state index contributed by atoms with van der Waals surface area (Å²) in [5, 5.41) is 10.0. The van der Waals surface area contributed by atoms with Crippen molar-refractivity contribution in [3.05, 3.63) is 64.8 Å². The number of aromatic hydroxyl groups is 1. The zero-order chi connectivity index (χ0) is 13.4. The molecule has 1 heterocycles. The van der Waals surface area contributed by atoms with Crippen molar-refractivity contribution < 1.29 is 13.9 Å². The first-order valence-electron chi connectivity index (χ1n) is 5.66. The molecule has 0 saturated heterocycles. The zero-order valence-corrected chi connectivity index (χ0v) is 9.76. The topological polar surface area (TPSA) is 50.4 Å². The molecule has 2 aromatic carbocycles. The molecule has 1 aromatic heterocycles. The predicted molar refractivity (Wildman–Crippen MR) is 69.5 cm³/mol. The van der Waals surface area contributed by atoms with Crippen LogP contribution in [0.1, 0.15) is 0 Å². The van der Waals surface area contributed by atoms with Gasteiger partial charge in [0.1, 0.15) is 17.1 Å². The van der Waals surface area contributed by atoms with Crippen LogP contribution in [0.15, 0.2) is 57.7 Å². The van der Waals surface area contributed by atoms with E-state index in [4.69, 9.17) is 4.42 Å². The number of rotatable bonds is 1. The van der Waals surface area contributed by atoms with Crippen molar-refractivity contribution in [2.45, 2.75) is 0 Å². The number of benzene rings is 2. The first kappa shape index (κ1) is 11.5. The first-order chi connectivity index (χ1) is 9.13. The van der Waals surface area contributed by atoms with Gasteiger partial charge in [-0.25, -0.2) is 9.18 Å². The predicted octanol–water partition coefficient (Wildman–Crippen LogP) is 3.30. The van der Waals surface area contributed by atoms with Gasteiger partial charge in [-0.15, -0.1) is 0 Å². The lowest BCUT2D eigenvalue weighted by atomic mass is 10.0. The molecule has 0 saturated carbocycles. The van der Waals surface area contributed by atoms with Crippen LogP contribution in [0.3, 0.4) is 0 Å². The van der Waals surface area contributed by atoms with Crippen LogP contribution in [0.4, 0.5) is 4.39 Å². The van der Waals surface area contributed by atoms with Gasteiger partial charge >= 0.3 is 5.63 Å². The Hall–Kier alpha value is -2.62. The fourth-order valence-corrected chi connectivity index (χ4v) is 2.05. The van der Waals surface area contributed by atoms with Crippen LogP contribution in [0.25, 0.3) is 22.1 Å². The van der Waals surface area contributed by atoms with E-state index in [1.807, 2.05) is 0 Å². The van der Waals surface area contributed by atoms with E-state index < -0.39 is 5.63 Å². The van der Waals surface area contributed by atoms with E-state index in [-0.39, 0.29) is 17.1 Å². The average molecular weight is 256 g/mol. The highest BCUT2D eigenvalue weighted by atomic mass is 19.1. The fourth-order valence-electron chi connectivity index (χ4n) is 2.05. The van der Waals surface area contributed by atoms with Crippen LogP contribution in [0.2, 0.25) is 0 Å². The van der Waals surface area contributed by atoms with E-state index in [0.717, 1.165) is 0 Å². The third-order valence-corrected chi connectivity index (χ3v) is 2.86. The summed E-state index contributed by atoms with van der Waals surface area (Å²) >= 11 is 0. The van der Waals surface area contributed by atoms with Crippen molar-refractivity contribution in [2.24, 2.45) is 0 Å². The van der Waals surface area contributed by atoms with Crippen LogP contribution in [-0.4, -0.2) is 5.11 Å². The highest BCUT2D eigenvalue weighted by Crippen LogP contribution is 2.29. The lowest BCUT2D eigenvalue weighted by Gasteiger charge is -2.06. The van der Waals surface area contributed by atoms with E-state index >= 15 is 0 Å². The molecular formula is C15H9FO3. The van der Waals surface area contributed by atoms with E-state index in [0.29, 0.717) is 16.5 Å². The summed E-state index contributed by atoms with van der Waals surface area (Å²) in [7, 11) is 0. The number of hydrogen-bond acceptors (Lipinski definition) is 3. The molecule has 3 rings (SSSR count). The Morgan fingerprint density at radius 1 is 1.05 bits per heavy atom. The maximum atomic E-state index is 13.3. The monoisotopic (exact) mass is 256 g/mol. The van der Waals surface area contributed by atoms with E-state index in [2.05, 4.69) is 0 Å². The van der Waals surface area contributed by atoms with Gasteiger partial charge in [0.05, 0.1) is 0 Å². The Morgan fingerprint density at radius 3 is 2.68 bits per heavy atom. The Kier molecular flexibility index (Phi) is 2.56. The molecule has 94 valence electrons. The first-order valence-corrected chi connectivity index (χ1v) is 5.66. The lowest BCUT2D eigenvalue weighted by molar-refractivity contribution is 0.473. The van der Waals surface area contributed by atoms with Crippen molar-refractivity contribution in [1.29, 1.82) is 0 Å². The van der Waals surface area contributed by atoms with Crippen LogP contribution in [0, 0.1) is 5.82 Å². The number of halogens is 1. The molecule has 0 aliphatic heterocycles. The molecule has 0 bridgehead atoms. The molecule has 0 fully saturated rings. The van der Waals surface area contributed by atoms with Crippen molar-refractivity contribution in [3.63, 3.8) is 0 Å². The van der Waals surface area contributed by atoms with E-state index in [9.17, 15) is 14.3 Å². The minimum atomic E-state index is -0.544. The normalized spacial score (nSPS) is 10.8. The molecule has 3 aromatic rings. The molecule has 0 spiro atoms. The molecular weight excluding hydrogens is 247 g/mol. The Balaban J connectivity index is 2.37. The Bertz CT molecular complexity index is 821. The van der Waals surface area contributed by atoms with Gasteiger partial charge in [0.15, 0.2) is 0 Å². The summed E-state index contributed by atoms with van der Waals surface area (Å²) in [4.78, 5) is 11.5. The summed E-state index contributed by atoms with van der Waals surface area (Å²) in [5.74, 6) is -0.371. The van der Waals surface area contributed by atoms with Gasteiger partial charge < -0.3 is 9.52 Å². The summed E-state index contributed by atoms with van der Waals surface area (Å²) < 4.78 is 18.3. The summed E-state index contributed by atoms with van der Waals surface area (Å²) in [5.41, 5.74) is 0.887. The van der Waals surface area contributed by atoms with Gasteiger partial charge in [0.25, 0.3) is 0 Å². The second kappa shape index (κ2) is 4.24. The maximum absolute atomic E-state index is 13.3. The molecule has 19 heavy (non-hydrogen) atoms. The molecule has 0 aliphatic rings. The molecule has 0 amide bonds. The quantitative estimate of drug-likeness (QED) is 0.679. The molecule has 1 N–H and O–H groups in total. The standard InChI is InChI=1S/C15H9FO3/c16-10-3-1-2-9(6-10)13-8-15(18)19-14-7-11(17)4-5-12(13)14/h1-8,17H. The number of phenolic OH excluding ortho intramolecular Hbond substituents is 1. The summed E-state index contributed by atoms with van der Waals surface area (Å²) in [6.45, 7) is 0. The summed E-state index contributed by atoms with van der Waals surface area (Å²) in [6, 6.07) is 11.8. The van der Waals surface area contributed by atoms with Gasteiger partial charge in [-0.3, -0.25) is 0 Å². The van der Waals surface area contributed by atoms with Crippen LogP contribution in [-0.2, 0) is 0 Å². The third kappa shape index (κ3) is 2.08. The molecule has 4 heteroatoms. The van der Waals surface area contributed by atoms with Crippen molar-refractivity contribution >= 4 is 11.0 Å². The smallest absolute Gasteiger partial charge is 0.336 e. The number of fused-ring (bicyclic) bond motifs is 1. The summed E-state index contributed by atoms with van der Waals surface area (Å²) in [6.07, 6.45) is 0. The van der Waals surface area contributed by atoms with Crippen molar-refractivity contribution in [1.82, 2.24) is 0 Å². The van der Waals surface area contributed by atoms with Crippen LogP contribution >= 0.6 is 0 Å². The van der Waals surface area contributed by atoms with Crippen LogP contribution < -0.4 is 5.63 Å². The molecule has 0 aliphatic carbocycles. The maximum Gasteiger partial charge on any atom is 0.336 e. The largest absolute Gasteiger partial charge is 0.508 e. The van der Waals surface area contributed by atoms with Gasteiger partial charge in [0, 0.05) is 17.5 Å². The SMILES string of the molecule is O=c1cc(-c2cccc(F)c2)c2ccc(O)cc2o1. The van der Waals surface area contributed by atoms with Gasteiger partial charge in [-0.1, -0.05) is 12.1 Å². The molecule has 0 radical (unpaired) electrons. The molecule has 0 unspecified atom stereocenters. The van der Waals surface area contributed by atoms with Crippen molar-refractivity contribution in [3.8, 4) is 16.9 Å². The zero-order valence-electron chi connectivity index (χ0n) is 9.76. The van der Waals surface area contributed by atoms with Gasteiger partial charge in [-0.05, 0) is 35.4 Å². The fraction of sp³-hybridized carbons (Fsp3) is 0. The Labute approximate surface area is 107 Å². The van der Waals surface area contributed by atoms with Gasteiger partial charge in [-0.2, -0.15) is 0 Å². The Morgan fingerprint density at radius 2 is 1.89 bits per heavy atom. The van der Waals surface area contributed by atoms with E-state index in [1.54, 1.807) is 18.2 Å². The molecule has 0 atom stereocenters. The second-order valence-corrected chi connectivity index (χ2v) is 4.17. The number of phenols is 1. The highest BCUT2D eigenvalue weighted by molar-refractivity contribution is 5.93. The molecule has 3 nitrogen and oxygen atoms in total. The van der Waals surface area contributed by atoms with Crippen molar-refractivity contribution in [2.75, 3.05) is 0 Å². The lowest BCUT2D eigenvalue weighted by Crippen LogP contribution is -1.98. The highest BCUT2D eigenvalue weighted by Gasteiger charge is 2.09. The van der Waals surface area contributed by atoms with Crippen LogP contribution in [0.5, 0.6) is 5.75 Å².